The molecule has 1 aromatic heterocycles. The van der Waals surface area contributed by atoms with Gasteiger partial charge in [-0.1, -0.05) is 0 Å². The Morgan fingerprint density at radius 3 is 2.67 bits per heavy atom. The molecule has 1 fully saturated rings. The number of hydrogen-bond donors (Lipinski definition) is 1. The Labute approximate surface area is 149 Å². The molecular weight excluding hydrogens is 344 g/mol. The van der Waals surface area contributed by atoms with E-state index in [0.29, 0.717) is 19.6 Å². The average Bonchev–Trinajstić information content (AvgIpc) is 2.79. The number of nitrogens with zero attached hydrogens (tertiary/aromatic N) is 3. The zero-order valence-corrected chi connectivity index (χ0v) is 16.9. The summed E-state index contributed by atoms with van der Waals surface area (Å²) < 4.78 is 23.6. The van der Waals surface area contributed by atoms with Crippen LogP contribution in [0.3, 0.4) is 0 Å². The summed E-state index contributed by atoms with van der Waals surface area (Å²) in [4.78, 5) is 12.5. The van der Waals surface area contributed by atoms with Crippen molar-refractivity contribution in [2.75, 3.05) is 31.9 Å². The fraction of sp³-hybridized carbons (Fsp3) is 0.750. The summed E-state index contributed by atoms with van der Waals surface area (Å²) in [6, 6.07) is 0. The fourth-order valence-electron chi connectivity index (χ4n) is 2.82. The van der Waals surface area contributed by atoms with Crippen LogP contribution < -0.4 is 5.32 Å². The third-order valence-corrected chi connectivity index (χ3v) is 7.94. The molecule has 1 N–H and O–H groups in total. The molecule has 2 heterocycles. The first-order valence-electron chi connectivity index (χ1n) is 8.35. The topological polar surface area (TPSA) is 74.7 Å². The first-order chi connectivity index (χ1) is 11.2. The molecule has 1 saturated heterocycles. The predicted molar refractivity (Wildman–Crippen MR) is 101 cm³/mol. The maximum atomic E-state index is 12.2. The van der Waals surface area contributed by atoms with Crippen molar-refractivity contribution in [3.05, 3.63) is 15.6 Å². The van der Waals surface area contributed by atoms with Crippen molar-refractivity contribution in [3.63, 3.8) is 0 Å². The van der Waals surface area contributed by atoms with Crippen LogP contribution in [0.15, 0.2) is 4.99 Å². The van der Waals surface area contributed by atoms with Gasteiger partial charge < -0.3 is 10.2 Å². The highest BCUT2D eigenvalue weighted by Crippen LogP contribution is 2.24. The number of aromatic nitrogens is 1. The Kier molecular flexibility index (Phi) is 5.91. The van der Waals surface area contributed by atoms with Gasteiger partial charge in [-0.2, -0.15) is 0 Å². The molecule has 1 aromatic rings. The lowest BCUT2D eigenvalue weighted by molar-refractivity contribution is 0.353. The normalized spacial score (nSPS) is 20.2. The molecular formula is C16H28N4O2S2. The van der Waals surface area contributed by atoms with Gasteiger partial charge in [-0.05, 0) is 34.6 Å². The van der Waals surface area contributed by atoms with E-state index in [-0.39, 0.29) is 5.75 Å². The first-order valence-corrected chi connectivity index (χ1v) is 10.8. The second-order valence-corrected chi connectivity index (χ2v) is 10.8. The summed E-state index contributed by atoms with van der Waals surface area (Å²) in [6.07, 6.45) is 0.863. The van der Waals surface area contributed by atoms with Crippen molar-refractivity contribution in [3.8, 4) is 0 Å². The van der Waals surface area contributed by atoms with Crippen molar-refractivity contribution in [1.29, 1.82) is 0 Å². The van der Waals surface area contributed by atoms with E-state index in [1.165, 1.54) is 4.88 Å². The van der Waals surface area contributed by atoms with Crippen molar-refractivity contribution < 1.29 is 8.42 Å². The van der Waals surface area contributed by atoms with Gasteiger partial charge in [0.15, 0.2) is 15.8 Å². The van der Waals surface area contributed by atoms with Crippen LogP contribution in [-0.2, 0) is 16.3 Å². The number of aryl methyl sites for hydroxylation is 2. The van der Waals surface area contributed by atoms with E-state index in [1.807, 2.05) is 20.8 Å². The van der Waals surface area contributed by atoms with Crippen LogP contribution in [0.2, 0.25) is 0 Å². The van der Waals surface area contributed by atoms with Crippen molar-refractivity contribution >= 4 is 27.1 Å². The Morgan fingerprint density at radius 1 is 1.42 bits per heavy atom. The summed E-state index contributed by atoms with van der Waals surface area (Å²) in [7, 11) is -3.04. The predicted octanol–water partition coefficient (Wildman–Crippen LogP) is 1.78. The molecule has 6 nitrogen and oxygen atoms in total. The number of thiazole rings is 1. The van der Waals surface area contributed by atoms with Gasteiger partial charge in [-0.25, -0.2) is 13.4 Å². The van der Waals surface area contributed by atoms with Crippen LogP contribution in [-0.4, -0.2) is 60.9 Å². The van der Waals surface area contributed by atoms with Gasteiger partial charge in [0.2, 0.25) is 0 Å². The van der Waals surface area contributed by atoms with Crippen molar-refractivity contribution in [2.45, 2.75) is 45.8 Å². The van der Waals surface area contributed by atoms with Gasteiger partial charge in [0.05, 0.1) is 21.2 Å². The van der Waals surface area contributed by atoms with Gasteiger partial charge in [0.25, 0.3) is 0 Å². The van der Waals surface area contributed by atoms with E-state index in [0.717, 1.165) is 29.6 Å². The number of rotatable bonds is 4. The Morgan fingerprint density at radius 2 is 2.12 bits per heavy atom. The van der Waals surface area contributed by atoms with E-state index in [9.17, 15) is 8.42 Å². The monoisotopic (exact) mass is 372 g/mol. The minimum Gasteiger partial charge on any atom is -0.357 e. The van der Waals surface area contributed by atoms with E-state index < -0.39 is 14.6 Å². The standard InChI is InChI=1S/C16H28N4O2S2/c1-6-17-15(18-8-7-14-12(2)19-13(3)23-14)20-9-10-24(21,22)16(4,5)11-20/h6-11H2,1-5H3,(H,17,18). The summed E-state index contributed by atoms with van der Waals surface area (Å²) in [5, 5.41) is 4.38. The van der Waals surface area contributed by atoms with Crippen LogP contribution in [0.1, 0.15) is 36.3 Å². The van der Waals surface area contributed by atoms with Crippen LogP contribution in [0.25, 0.3) is 0 Å². The zero-order chi connectivity index (χ0) is 18.0. The highest BCUT2D eigenvalue weighted by molar-refractivity contribution is 7.92. The van der Waals surface area contributed by atoms with Crippen molar-refractivity contribution in [1.82, 2.24) is 15.2 Å². The smallest absolute Gasteiger partial charge is 0.194 e. The first kappa shape index (κ1) is 19.2. The number of nitrogens with one attached hydrogen (secondary N) is 1. The highest BCUT2D eigenvalue weighted by atomic mass is 32.2. The Balaban J connectivity index is 2.07. The number of guanidine groups is 1. The molecule has 0 amide bonds. The fourth-order valence-corrected chi connectivity index (χ4v) is 5.11. The van der Waals surface area contributed by atoms with Crippen LogP contribution in [0, 0.1) is 13.8 Å². The molecule has 0 radical (unpaired) electrons. The van der Waals surface area contributed by atoms with Crippen LogP contribution in [0.5, 0.6) is 0 Å². The molecule has 0 aromatic carbocycles. The number of aliphatic imine (C=N–C) groups is 1. The molecule has 1 aliphatic heterocycles. The Bertz CT molecular complexity index is 708. The average molecular weight is 373 g/mol. The van der Waals surface area contributed by atoms with Gasteiger partial charge >= 0.3 is 0 Å². The zero-order valence-electron chi connectivity index (χ0n) is 15.2. The third-order valence-electron chi connectivity index (χ3n) is 4.28. The lowest BCUT2D eigenvalue weighted by Gasteiger charge is -2.39. The summed E-state index contributed by atoms with van der Waals surface area (Å²) in [5.74, 6) is 0.983. The van der Waals surface area contributed by atoms with Crippen molar-refractivity contribution in [2.24, 2.45) is 4.99 Å². The SMILES string of the molecule is CCNC(=NCCc1sc(C)nc1C)N1CCS(=O)(=O)C(C)(C)C1. The van der Waals surface area contributed by atoms with Crippen LogP contribution in [0.4, 0.5) is 0 Å². The minimum absolute atomic E-state index is 0.178. The second kappa shape index (κ2) is 7.39. The maximum Gasteiger partial charge on any atom is 0.194 e. The quantitative estimate of drug-likeness (QED) is 0.644. The molecule has 0 unspecified atom stereocenters. The summed E-state index contributed by atoms with van der Waals surface area (Å²) in [5.41, 5.74) is 1.09. The van der Waals surface area contributed by atoms with E-state index in [4.69, 9.17) is 4.99 Å². The lowest BCUT2D eigenvalue weighted by atomic mass is 10.2. The summed E-state index contributed by atoms with van der Waals surface area (Å²) in [6.45, 7) is 12.1. The molecule has 0 spiro atoms. The second-order valence-electron chi connectivity index (χ2n) is 6.73. The minimum atomic E-state index is -3.04. The van der Waals surface area contributed by atoms with E-state index >= 15 is 0 Å². The highest BCUT2D eigenvalue weighted by Gasteiger charge is 2.40. The Hall–Kier alpha value is -1.15. The number of sulfone groups is 1. The van der Waals surface area contributed by atoms with Crippen LogP contribution >= 0.6 is 11.3 Å². The van der Waals surface area contributed by atoms with Gasteiger partial charge in [0.1, 0.15) is 0 Å². The van der Waals surface area contributed by atoms with Gasteiger partial charge in [0, 0.05) is 37.5 Å². The molecule has 0 atom stereocenters. The molecule has 0 aliphatic carbocycles. The molecule has 0 saturated carbocycles. The van der Waals surface area contributed by atoms with E-state index in [2.05, 4.69) is 15.2 Å². The van der Waals surface area contributed by atoms with Gasteiger partial charge in [-0.3, -0.25) is 4.99 Å². The molecule has 1 aliphatic rings. The molecule has 24 heavy (non-hydrogen) atoms. The maximum absolute atomic E-state index is 12.2. The lowest BCUT2D eigenvalue weighted by Crippen LogP contribution is -2.57. The largest absolute Gasteiger partial charge is 0.357 e. The molecule has 0 bridgehead atoms. The van der Waals surface area contributed by atoms with Gasteiger partial charge in [-0.15, -0.1) is 11.3 Å². The molecule has 2 rings (SSSR count). The number of hydrogen-bond acceptors (Lipinski definition) is 5. The molecule has 136 valence electrons. The third kappa shape index (κ3) is 4.27. The summed E-state index contributed by atoms with van der Waals surface area (Å²) >= 11 is 1.72. The molecule has 8 heteroatoms. The van der Waals surface area contributed by atoms with E-state index in [1.54, 1.807) is 25.2 Å².